The van der Waals surface area contributed by atoms with Gasteiger partial charge in [-0.3, -0.25) is 9.48 Å². The van der Waals surface area contributed by atoms with E-state index in [1.54, 1.807) is 4.68 Å². The van der Waals surface area contributed by atoms with Gasteiger partial charge in [0.1, 0.15) is 5.69 Å². The van der Waals surface area contributed by atoms with E-state index in [2.05, 4.69) is 22.5 Å². The Bertz CT molecular complexity index is 737. The van der Waals surface area contributed by atoms with Crippen molar-refractivity contribution < 1.29 is 4.79 Å². The summed E-state index contributed by atoms with van der Waals surface area (Å²) in [5, 5.41) is 8.12. The predicted molar refractivity (Wildman–Crippen MR) is 94.2 cm³/mol. The van der Waals surface area contributed by atoms with Crippen LogP contribution in [0.5, 0.6) is 0 Å². The fraction of sp³-hybridized carbons (Fsp3) is 0.474. The third-order valence-electron chi connectivity index (χ3n) is 5.14. The summed E-state index contributed by atoms with van der Waals surface area (Å²) in [7, 11) is 1.90. The molecule has 5 nitrogen and oxygen atoms in total. The van der Waals surface area contributed by atoms with Crippen LogP contribution < -0.4 is 5.32 Å². The summed E-state index contributed by atoms with van der Waals surface area (Å²) in [5.41, 5.74) is 4.25. The van der Waals surface area contributed by atoms with E-state index >= 15 is 0 Å². The zero-order chi connectivity index (χ0) is 16.5. The molecule has 4 rings (SSSR count). The Morgan fingerprint density at radius 1 is 1.21 bits per heavy atom. The number of rotatable bonds is 3. The van der Waals surface area contributed by atoms with E-state index in [1.807, 2.05) is 30.1 Å². The third kappa shape index (κ3) is 2.79. The van der Waals surface area contributed by atoms with Crippen molar-refractivity contribution in [1.29, 1.82) is 0 Å². The van der Waals surface area contributed by atoms with Crippen molar-refractivity contribution in [2.75, 3.05) is 18.4 Å². The molecule has 1 aromatic carbocycles. The maximum atomic E-state index is 13.0. The number of nitrogens with zero attached hydrogens (tertiary/aromatic N) is 3. The second-order valence-corrected chi connectivity index (χ2v) is 6.85. The van der Waals surface area contributed by atoms with Crippen molar-refractivity contribution in [2.45, 2.75) is 38.1 Å². The normalized spacial score (nSPS) is 20.0. The van der Waals surface area contributed by atoms with Crippen LogP contribution in [0, 0.1) is 0 Å². The number of carbonyl (C=O) groups is 1. The number of para-hydroxylation sites is 1. The van der Waals surface area contributed by atoms with E-state index in [1.165, 1.54) is 12.0 Å². The Labute approximate surface area is 142 Å². The maximum Gasteiger partial charge on any atom is 0.272 e. The van der Waals surface area contributed by atoms with E-state index < -0.39 is 0 Å². The minimum atomic E-state index is 0.144. The van der Waals surface area contributed by atoms with Crippen molar-refractivity contribution in [2.24, 2.45) is 7.05 Å². The SMILES string of the molecule is Cn1nc2c(c1C(=O)N1CCC(Nc3ccccc3)C1)CCCC2. The quantitative estimate of drug-likeness (QED) is 0.944. The highest BCUT2D eigenvalue weighted by atomic mass is 16.2. The van der Waals surface area contributed by atoms with Crippen LogP contribution in [0.4, 0.5) is 5.69 Å². The van der Waals surface area contributed by atoms with Crippen LogP contribution in [-0.2, 0) is 19.9 Å². The van der Waals surface area contributed by atoms with Crippen molar-refractivity contribution in [3.63, 3.8) is 0 Å². The third-order valence-corrected chi connectivity index (χ3v) is 5.14. The van der Waals surface area contributed by atoms with Crippen molar-refractivity contribution >= 4 is 11.6 Å². The van der Waals surface area contributed by atoms with Crippen LogP contribution in [-0.4, -0.2) is 39.7 Å². The standard InChI is InChI=1S/C19H24N4O/c1-22-18(16-9-5-6-10-17(16)21-22)19(24)23-12-11-15(13-23)20-14-7-3-2-4-8-14/h2-4,7-8,15,20H,5-6,9-13H2,1H3. The smallest absolute Gasteiger partial charge is 0.272 e. The number of hydrogen-bond acceptors (Lipinski definition) is 3. The summed E-state index contributed by atoms with van der Waals surface area (Å²) in [6.45, 7) is 1.57. The average molecular weight is 324 g/mol. The highest BCUT2D eigenvalue weighted by Crippen LogP contribution is 2.26. The maximum absolute atomic E-state index is 13.0. The zero-order valence-electron chi connectivity index (χ0n) is 14.2. The fourth-order valence-electron chi connectivity index (χ4n) is 3.93. The van der Waals surface area contributed by atoms with Crippen molar-refractivity contribution in [3.8, 4) is 0 Å². The topological polar surface area (TPSA) is 50.2 Å². The number of carbonyl (C=O) groups excluding carboxylic acids is 1. The number of hydrogen-bond donors (Lipinski definition) is 1. The molecule has 1 aliphatic carbocycles. The van der Waals surface area contributed by atoms with Gasteiger partial charge in [0.05, 0.1) is 5.69 Å². The summed E-state index contributed by atoms with van der Waals surface area (Å²) in [4.78, 5) is 15.0. The lowest BCUT2D eigenvalue weighted by Crippen LogP contribution is -2.33. The number of anilines is 1. The molecule has 1 N–H and O–H groups in total. The molecule has 2 heterocycles. The fourth-order valence-corrected chi connectivity index (χ4v) is 3.93. The van der Waals surface area contributed by atoms with E-state index in [-0.39, 0.29) is 5.91 Å². The Balaban J connectivity index is 1.47. The van der Waals surface area contributed by atoms with Crippen molar-refractivity contribution in [3.05, 3.63) is 47.3 Å². The molecule has 1 saturated heterocycles. The van der Waals surface area contributed by atoms with Crippen LogP contribution in [0.2, 0.25) is 0 Å². The van der Waals surface area contributed by atoms with Gasteiger partial charge in [0.15, 0.2) is 0 Å². The molecule has 1 aromatic heterocycles. The molecule has 0 saturated carbocycles. The van der Waals surface area contributed by atoms with E-state index in [0.717, 1.165) is 55.8 Å². The first-order valence-corrected chi connectivity index (χ1v) is 8.88. The number of benzene rings is 1. The minimum absolute atomic E-state index is 0.144. The second-order valence-electron chi connectivity index (χ2n) is 6.85. The number of amides is 1. The van der Waals surface area contributed by atoms with Gasteiger partial charge in [0.25, 0.3) is 5.91 Å². The lowest BCUT2D eigenvalue weighted by atomic mass is 9.95. The zero-order valence-corrected chi connectivity index (χ0v) is 14.2. The van der Waals surface area contributed by atoms with Crippen molar-refractivity contribution in [1.82, 2.24) is 14.7 Å². The lowest BCUT2D eigenvalue weighted by Gasteiger charge is -2.19. The Morgan fingerprint density at radius 3 is 2.83 bits per heavy atom. The summed E-state index contributed by atoms with van der Waals surface area (Å²) in [6.07, 6.45) is 5.33. The van der Waals surface area contributed by atoms with Crippen LogP contribution in [0.15, 0.2) is 30.3 Å². The van der Waals surface area contributed by atoms with Gasteiger partial charge < -0.3 is 10.2 Å². The number of fused-ring (bicyclic) bond motifs is 1. The van der Waals surface area contributed by atoms with E-state index in [9.17, 15) is 4.79 Å². The first-order chi connectivity index (χ1) is 11.7. The van der Waals surface area contributed by atoms with E-state index in [0.29, 0.717) is 6.04 Å². The Hall–Kier alpha value is -2.30. The Morgan fingerprint density at radius 2 is 2.00 bits per heavy atom. The molecule has 0 spiro atoms. The molecular weight excluding hydrogens is 300 g/mol. The molecule has 0 bridgehead atoms. The molecule has 24 heavy (non-hydrogen) atoms. The van der Waals surface area contributed by atoms with Gasteiger partial charge in [-0.2, -0.15) is 5.10 Å². The number of likely N-dealkylation sites (tertiary alicyclic amines) is 1. The van der Waals surface area contributed by atoms with Gasteiger partial charge in [-0.15, -0.1) is 0 Å². The largest absolute Gasteiger partial charge is 0.380 e. The highest BCUT2D eigenvalue weighted by Gasteiger charge is 2.31. The van der Waals surface area contributed by atoms with Crippen LogP contribution in [0.3, 0.4) is 0 Å². The summed E-state index contributed by atoms with van der Waals surface area (Å²) >= 11 is 0. The molecule has 1 aliphatic heterocycles. The first kappa shape index (κ1) is 15.2. The molecule has 1 atom stereocenters. The van der Waals surface area contributed by atoms with Gasteiger partial charge in [0.2, 0.25) is 0 Å². The van der Waals surface area contributed by atoms with Crippen LogP contribution >= 0.6 is 0 Å². The van der Waals surface area contributed by atoms with Gasteiger partial charge in [-0.25, -0.2) is 0 Å². The molecule has 1 unspecified atom stereocenters. The predicted octanol–water partition coefficient (Wildman–Crippen LogP) is 2.63. The molecule has 1 amide bonds. The van der Waals surface area contributed by atoms with Gasteiger partial charge in [0, 0.05) is 37.4 Å². The number of nitrogens with one attached hydrogen (secondary N) is 1. The summed E-state index contributed by atoms with van der Waals surface area (Å²) in [6, 6.07) is 10.5. The summed E-state index contributed by atoms with van der Waals surface area (Å²) in [5.74, 6) is 0.144. The molecule has 1 fully saturated rings. The lowest BCUT2D eigenvalue weighted by molar-refractivity contribution is 0.0779. The first-order valence-electron chi connectivity index (χ1n) is 8.88. The molecule has 2 aromatic rings. The monoisotopic (exact) mass is 324 g/mol. The average Bonchev–Trinajstić information content (AvgIpc) is 3.19. The van der Waals surface area contributed by atoms with Crippen LogP contribution in [0.25, 0.3) is 0 Å². The molecule has 5 heteroatoms. The minimum Gasteiger partial charge on any atom is -0.380 e. The van der Waals surface area contributed by atoms with Gasteiger partial charge in [-0.05, 0) is 44.2 Å². The summed E-state index contributed by atoms with van der Waals surface area (Å²) < 4.78 is 1.80. The van der Waals surface area contributed by atoms with Crippen LogP contribution in [0.1, 0.15) is 41.0 Å². The van der Waals surface area contributed by atoms with Gasteiger partial charge in [-0.1, -0.05) is 18.2 Å². The van der Waals surface area contributed by atoms with Gasteiger partial charge >= 0.3 is 0 Å². The molecule has 2 aliphatic rings. The molecular formula is C19H24N4O. The van der Waals surface area contributed by atoms with E-state index in [4.69, 9.17) is 0 Å². The highest BCUT2D eigenvalue weighted by molar-refractivity contribution is 5.94. The number of aromatic nitrogens is 2. The molecule has 0 radical (unpaired) electrons. The Kier molecular flexibility index (Phi) is 4.00. The number of aryl methyl sites for hydroxylation is 2. The second kappa shape index (κ2) is 6.30. The molecule has 126 valence electrons.